The Hall–Kier alpha value is -0.530. The van der Waals surface area contributed by atoms with E-state index in [1.54, 1.807) is 0 Å². The van der Waals surface area contributed by atoms with E-state index in [0.29, 0.717) is 17.3 Å². The van der Waals surface area contributed by atoms with Gasteiger partial charge in [0, 0.05) is 19.8 Å². The summed E-state index contributed by atoms with van der Waals surface area (Å²) < 4.78 is 0. The molecular formula is C14H28N2. The molecule has 1 fully saturated rings. The second-order valence-electron chi connectivity index (χ2n) is 6.71. The molecule has 0 saturated heterocycles. The first-order chi connectivity index (χ1) is 7.21. The molecule has 0 amide bonds. The van der Waals surface area contributed by atoms with Crippen molar-refractivity contribution >= 4 is 5.71 Å². The van der Waals surface area contributed by atoms with Gasteiger partial charge in [0.2, 0.25) is 0 Å². The molecule has 0 heterocycles. The van der Waals surface area contributed by atoms with Crippen molar-refractivity contribution in [3.63, 3.8) is 0 Å². The van der Waals surface area contributed by atoms with Gasteiger partial charge in [-0.1, -0.05) is 34.6 Å². The summed E-state index contributed by atoms with van der Waals surface area (Å²) in [6.45, 7) is 11.8. The fourth-order valence-electron chi connectivity index (χ4n) is 2.81. The summed E-state index contributed by atoms with van der Waals surface area (Å²) in [5.74, 6) is 2.10. The highest BCUT2D eigenvalue weighted by atomic mass is 15.4. The number of hydrazone groups is 1. The molecule has 0 radical (unpaired) electrons. The number of nitrogens with zero attached hydrogens (tertiary/aromatic N) is 2. The SMILES string of the molecule is C[C@@H]1CC(C(C)(C)C)C[C@H](C)C1=NN(C)C. The standard InChI is InChI=1S/C14H28N2/c1-10-8-12(14(3,4)5)9-11(2)13(10)15-16(6)7/h10-12H,8-9H2,1-7H3/t10-,11+,12?. The highest BCUT2D eigenvalue weighted by molar-refractivity contribution is 5.89. The average molecular weight is 224 g/mol. The number of hydrogen-bond acceptors (Lipinski definition) is 2. The molecule has 1 rings (SSSR count). The molecule has 0 N–H and O–H groups in total. The summed E-state index contributed by atoms with van der Waals surface area (Å²) in [5.41, 5.74) is 1.83. The van der Waals surface area contributed by atoms with Crippen molar-refractivity contribution in [2.45, 2.75) is 47.5 Å². The van der Waals surface area contributed by atoms with E-state index >= 15 is 0 Å². The van der Waals surface area contributed by atoms with Crippen LogP contribution in [-0.2, 0) is 0 Å². The van der Waals surface area contributed by atoms with Crippen molar-refractivity contribution in [1.82, 2.24) is 5.01 Å². The fraction of sp³-hybridized carbons (Fsp3) is 0.929. The van der Waals surface area contributed by atoms with Crippen LogP contribution in [0.1, 0.15) is 47.5 Å². The summed E-state index contributed by atoms with van der Waals surface area (Å²) in [5, 5.41) is 6.61. The molecule has 2 heteroatoms. The number of rotatable bonds is 1. The molecule has 94 valence electrons. The Morgan fingerprint density at radius 1 is 1.06 bits per heavy atom. The molecule has 0 aliphatic heterocycles. The zero-order valence-corrected chi connectivity index (χ0v) is 12.0. The minimum absolute atomic E-state index is 0.437. The second kappa shape index (κ2) is 4.77. The Morgan fingerprint density at radius 2 is 1.50 bits per heavy atom. The molecule has 0 aromatic carbocycles. The zero-order chi connectivity index (χ0) is 12.5. The van der Waals surface area contributed by atoms with Gasteiger partial charge in [-0.25, -0.2) is 0 Å². The van der Waals surface area contributed by atoms with Crippen LogP contribution in [0.25, 0.3) is 0 Å². The first-order valence-electron chi connectivity index (χ1n) is 6.47. The minimum Gasteiger partial charge on any atom is -0.303 e. The molecule has 0 bridgehead atoms. The maximum absolute atomic E-state index is 4.66. The van der Waals surface area contributed by atoms with Crippen LogP contribution in [0, 0.1) is 23.2 Å². The largest absolute Gasteiger partial charge is 0.303 e. The predicted molar refractivity (Wildman–Crippen MR) is 71.6 cm³/mol. The van der Waals surface area contributed by atoms with Gasteiger partial charge in [-0.05, 0) is 36.0 Å². The molecule has 1 aliphatic rings. The third kappa shape index (κ3) is 3.23. The summed E-state index contributed by atoms with van der Waals surface area (Å²) >= 11 is 0. The maximum atomic E-state index is 4.66. The summed E-state index contributed by atoms with van der Waals surface area (Å²) in [4.78, 5) is 0. The minimum atomic E-state index is 0.437. The van der Waals surface area contributed by atoms with E-state index in [4.69, 9.17) is 0 Å². The van der Waals surface area contributed by atoms with Crippen molar-refractivity contribution in [2.24, 2.45) is 28.3 Å². The zero-order valence-electron chi connectivity index (χ0n) is 12.0. The Kier molecular flexibility index (Phi) is 4.03. The molecule has 16 heavy (non-hydrogen) atoms. The van der Waals surface area contributed by atoms with Crippen LogP contribution in [0.4, 0.5) is 0 Å². The van der Waals surface area contributed by atoms with Crippen molar-refractivity contribution in [2.75, 3.05) is 14.1 Å². The van der Waals surface area contributed by atoms with E-state index < -0.39 is 0 Å². The van der Waals surface area contributed by atoms with Gasteiger partial charge in [-0.2, -0.15) is 5.10 Å². The highest BCUT2D eigenvalue weighted by Crippen LogP contribution is 2.41. The van der Waals surface area contributed by atoms with Crippen molar-refractivity contribution in [3.8, 4) is 0 Å². The quantitative estimate of drug-likeness (QED) is 0.621. The van der Waals surface area contributed by atoms with Crippen LogP contribution < -0.4 is 0 Å². The first-order valence-corrected chi connectivity index (χ1v) is 6.47. The third-order valence-corrected chi connectivity index (χ3v) is 3.83. The predicted octanol–water partition coefficient (Wildman–Crippen LogP) is 3.63. The van der Waals surface area contributed by atoms with Crippen LogP contribution in [0.2, 0.25) is 0 Å². The lowest BCUT2D eigenvalue weighted by atomic mass is 9.66. The lowest BCUT2D eigenvalue weighted by Crippen LogP contribution is -2.36. The van der Waals surface area contributed by atoms with Crippen molar-refractivity contribution in [3.05, 3.63) is 0 Å². The molecule has 2 nitrogen and oxygen atoms in total. The average Bonchev–Trinajstić information content (AvgIpc) is 2.09. The molecular weight excluding hydrogens is 196 g/mol. The second-order valence-corrected chi connectivity index (χ2v) is 6.71. The lowest BCUT2D eigenvalue weighted by molar-refractivity contribution is 0.170. The fourth-order valence-corrected chi connectivity index (χ4v) is 2.81. The smallest absolute Gasteiger partial charge is 0.0436 e. The Labute approximate surface area is 101 Å². The van der Waals surface area contributed by atoms with Gasteiger partial charge >= 0.3 is 0 Å². The Morgan fingerprint density at radius 3 is 1.81 bits per heavy atom. The summed E-state index contributed by atoms with van der Waals surface area (Å²) in [7, 11) is 4.03. The molecule has 1 unspecified atom stereocenters. The molecule has 3 atom stereocenters. The van der Waals surface area contributed by atoms with E-state index in [9.17, 15) is 0 Å². The van der Waals surface area contributed by atoms with Crippen LogP contribution in [0.5, 0.6) is 0 Å². The number of hydrogen-bond donors (Lipinski definition) is 0. The van der Waals surface area contributed by atoms with Gasteiger partial charge in [0.15, 0.2) is 0 Å². The Balaban J connectivity index is 2.79. The molecule has 0 aromatic rings. The maximum Gasteiger partial charge on any atom is 0.0436 e. The van der Waals surface area contributed by atoms with Crippen LogP contribution in [-0.4, -0.2) is 24.8 Å². The first kappa shape index (κ1) is 13.5. The van der Waals surface area contributed by atoms with Gasteiger partial charge in [0.25, 0.3) is 0 Å². The Bertz CT molecular complexity index is 246. The monoisotopic (exact) mass is 224 g/mol. The molecule has 0 spiro atoms. The van der Waals surface area contributed by atoms with Crippen LogP contribution in [0.3, 0.4) is 0 Å². The normalized spacial score (nSPS) is 34.2. The van der Waals surface area contributed by atoms with E-state index in [-0.39, 0.29) is 0 Å². The van der Waals surface area contributed by atoms with Gasteiger partial charge < -0.3 is 5.01 Å². The van der Waals surface area contributed by atoms with Gasteiger partial charge in [0.05, 0.1) is 0 Å². The van der Waals surface area contributed by atoms with Gasteiger partial charge in [0.1, 0.15) is 0 Å². The van der Waals surface area contributed by atoms with E-state index in [1.807, 2.05) is 19.1 Å². The van der Waals surface area contributed by atoms with Crippen LogP contribution in [0.15, 0.2) is 5.10 Å². The van der Waals surface area contributed by atoms with E-state index in [0.717, 1.165) is 5.92 Å². The van der Waals surface area contributed by atoms with E-state index in [2.05, 4.69) is 39.7 Å². The lowest BCUT2D eigenvalue weighted by Gasteiger charge is -2.40. The molecule has 1 saturated carbocycles. The summed E-state index contributed by atoms with van der Waals surface area (Å²) in [6, 6.07) is 0. The topological polar surface area (TPSA) is 15.6 Å². The van der Waals surface area contributed by atoms with Crippen molar-refractivity contribution in [1.29, 1.82) is 0 Å². The van der Waals surface area contributed by atoms with Crippen LogP contribution >= 0.6 is 0 Å². The molecule has 1 aliphatic carbocycles. The summed E-state index contributed by atoms with van der Waals surface area (Å²) in [6.07, 6.45) is 2.58. The highest BCUT2D eigenvalue weighted by Gasteiger charge is 2.35. The van der Waals surface area contributed by atoms with Gasteiger partial charge in [-0.3, -0.25) is 0 Å². The van der Waals surface area contributed by atoms with Gasteiger partial charge in [-0.15, -0.1) is 0 Å². The van der Waals surface area contributed by atoms with E-state index in [1.165, 1.54) is 18.6 Å². The van der Waals surface area contributed by atoms with Crippen molar-refractivity contribution < 1.29 is 0 Å². The third-order valence-electron chi connectivity index (χ3n) is 3.83. The molecule has 0 aromatic heterocycles.